The zero-order valence-electron chi connectivity index (χ0n) is 28.2. The molecule has 4 heteroatoms. The van der Waals surface area contributed by atoms with E-state index in [1.807, 2.05) is 0 Å². The van der Waals surface area contributed by atoms with E-state index in [1.165, 1.54) is 103 Å². The lowest BCUT2D eigenvalue weighted by atomic mass is 9.66. The SMILES string of the molecule is Ic1ccc(-c2c(-c3ccc(I)cc3)c(-c3ccc(I)cc3)c3c(c2-c2ccc(I)cc2)-c2ccccc2C32c3ccccc3-c3ccccc32)cc1. The van der Waals surface area contributed by atoms with Gasteiger partial charge in [-0.1, -0.05) is 121 Å². The van der Waals surface area contributed by atoms with E-state index in [9.17, 15) is 0 Å². The largest absolute Gasteiger partial charge is 0.0732 e. The van der Waals surface area contributed by atoms with E-state index in [0.717, 1.165) is 0 Å². The van der Waals surface area contributed by atoms with Crippen LogP contribution in [-0.2, 0) is 5.41 Å². The summed E-state index contributed by atoms with van der Waals surface area (Å²) in [5.74, 6) is 0. The van der Waals surface area contributed by atoms with Crippen molar-refractivity contribution in [3.8, 4) is 66.8 Å². The lowest BCUT2D eigenvalue weighted by Gasteiger charge is -2.35. The van der Waals surface area contributed by atoms with E-state index in [2.05, 4.69) is 260 Å². The third-order valence-corrected chi connectivity index (χ3v) is 13.8. The van der Waals surface area contributed by atoms with Crippen LogP contribution in [0.25, 0.3) is 66.8 Å². The number of benzene rings is 8. The lowest BCUT2D eigenvalue weighted by Crippen LogP contribution is -2.27. The third-order valence-electron chi connectivity index (χ3n) is 11.0. The molecule has 0 aromatic heterocycles. The van der Waals surface area contributed by atoms with Gasteiger partial charge in [-0.15, -0.1) is 0 Å². The molecule has 0 bridgehead atoms. The van der Waals surface area contributed by atoms with Gasteiger partial charge in [0.1, 0.15) is 0 Å². The Kier molecular flexibility index (Phi) is 8.68. The summed E-state index contributed by atoms with van der Waals surface area (Å²) in [6.07, 6.45) is 0. The second-order valence-corrected chi connectivity index (χ2v) is 18.6. The summed E-state index contributed by atoms with van der Waals surface area (Å²) in [7, 11) is 0. The van der Waals surface area contributed by atoms with Crippen LogP contribution in [0.1, 0.15) is 22.3 Å². The molecule has 2 aliphatic rings. The summed E-state index contributed by atoms with van der Waals surface area (Å²) in [4.78, 5) is 0. The van der Waals surface area contributed by atoms with Crippen LogP contribution < -0.4 is 0 Å². The van der Waals surface area contributed by atoms with Crippen molar-refractivity contribution in [3.05, 3.63) is 206 Å². The van der Waals surface area contributed by atoms with Crippen molar-refractivity contribution in [3.63, 3.8) is 0 Å². The number of hydrogen-bond acceptors (Lipinski definition) is 0. The van der Waals surface area contributed by atoms with Gasteiger partial charge in [0.2, 0.25) is 0 Å². The first-order valence-electron chi connectivity index (χ1n) is 17.5. The van der Waals surface area contributed by atoms with Gasteiger partial charge in [-0.2, -0.15) is 0 Å². The Hall–Kier alpha value is -3.32. The fourth-order valence-electron chi connectivity index (χ4n) is 8.97. The number of rotatable bonds is 4. The Morgan fingerprint density at radius 3 is 0.943 bits per heavy atom. The average Bonchev–Trinajstić information content (AvgIpc) is 3.66. The van der Waals surface area contributed by atoms with Crippen LogP contribution in [-0.4, -0.2) is 0 Å². The molecule has 53 heavy (non-hydrogen) atoms. The minimum absolute atomic E-state index is 0.530. The predicted octanol–water partition coefficient (Wildman–Crippen LogP) is 15.1. The molecule has 0 atom stereocenters. The number of halogens is 4. The average molecular weight is 1120 g/mol. The molecule has 2 aliphatic carbocycles. The molecule has 0 heterocycles. The molecule has 0 amide bonds. The lowest BCUT2D eigenvalue weighted by molar-refractivity contribution is 0.796. The van der Waals surface area contributed by atoms with Gasteiger partial charge < -0.3 is 0 Å². The van der Waals surface area contributed by atoms with Gasteiger partial charge >= 0.3 is 0 Å². The Balaban J connectivity index is 1.53. The van der Waals surface area contributed by atoms with Crippen LogP contribution in [0.5, 0.6) is 0 Å². The third kappa shape index (κ3) is 5.28. The minimum atomic E-state index is -0.530. The standard InChI is InChI=1S/C49H28I4/c50-33-21-13-29(14-22-33)43-44(30-15-23-34(51)24-16-30)46(32-19-27-36(53)28-20-32)48-47(45(43)31-17-25-35(52)26-18-31)39-9-3-6-12-42(39)49(48)40-10-4-1-7-37(40)38-8-2-5-11-41(38)49/h1-28H. The van der Waals surface area contributed by atoms with Crippen molar-refractivity contribution in [1.82, 2.24) is 0 Å². The fourth-order valence-corrected chi connectivity index (χ4v) is 10.4. The van der Waals surface area contributed by atoms with Crippen LogP contribution in [0.4, 0.5) is 0 Å². The van der Waals surface area contributed by atoms with Gasteiger partial charge in [0.15, 0.2) is 0 Å². The zero-order valence-corrected chi connectivity index (χ0v) is 36.8. The van der Waals surface area contributed by atoms with Gasteiger partial charge in [0.05, 0.1) is 5.41 Å². The summed E-state index contributed by atoms with van der Waals surface area (Å²) >= 11 is 9.75. The highest BCUT2D eigenvalue weighted by Crippen LogP contribution is 2.68. The summed E-state index contributed by atoms with van der Waals surface area (Å²) in [5.41, 5.74) is 20.1. The monoisotopic (exact) mass is 1120 g/mol. The minimum Gasteiger partial charge on any atom is -0.0619 e. The Morgan fingerprint density at radius 1 is 0.264 bits per heavy atom. The molecule has 0 nitrogen and oxygen atoms in total. The van der Waals surface area contributed by atoms with Crippen molar-refractivity contribution < 1.29 is 0 Å². The van der Waals surface area contributed by atoms with E-state index in [1.54, 1.807) is 0 Å². The number of hydrogen-bond donors (Lipinski definition) is 0. The van der Waals surface area contributed by atoms with Crippen molar-refractivity contribution in [2.45, 2.75) is 5.41 Å². The van der Waals surface area contributed by atoms with Crippen LogP contribution in [0.15, 0.2) is 170 Å². The smallest absolute Gasteiger partial charge is 0.0619 e. The fraction of sp³-hybridized carbons (Fsp3) is 0.0204. The van der Waals surface area contributed by atoms with Gasteiger partial charge in [-0.05, 0) is 228 Å². The van der Waals surface area contributed by atoms with Crippen LogP contribution in [0.3, 0.4) is 0 Å². The van der Waals surface area contributed by atoms with Gasteiger partial charge in [-0.3, -0.25) is 0 Å². The maximum Gasteiger partial charge on any atom is 0.0732 e. The van der Waals surface area contributed by atoms with E-state index in [0.29, 0.717) is 0 Å². The first-order chi connectivity index (χ1) is 25.9. The van der Waals surface area contributed by atoms with E-state index in [4.69, 9.17) is 0 Å². The first-order valence-corrected chi connectivity index (χ1v) is 21.8. The zero-order chi connectivity index (χ0) is 35.8. The summed E-state index contributed by atoms with van der Waals surface area (Å²) in [5, 5.41) is 0. The second kappa shape index (κ2) is 13.5. The Labute approximate surface area is 364 Å². The predicted molar refractivity (Wildman–Crippen MR) is 255 cm³/mol. The molecule has 8 aromatic carbocycles. The van der Waals surface area contributed by atoms with Crippen molar-refractivity contribution >= 4 is 90.4 Å². The van der Waals surface area contributed by atoms with E-state index in [-0.39, 0.29) is 0 Å². The molecule has 1 spiro atoms. The second-order valence-electron chi connectivity index (χ2n) is 13.7. The molecule has 0 aliphatic heterocycles. The molecule has 0 saturated heterocycles. The van der Waals surface area contributed by atoms with E-state index >= 15 is 0 Å². The maximum atomic E-state index is 2.44. The van der Waals surface area contributed by atoms with E-state index < -0.39 is 5.41 Å². The molecule has 0 radical (unpaired) electrons. The van der Waals surface area contributed by atoms with Crippen LogP contribution >= 0.6 is 90.4 Å². The number of fused-ring (bicyclic) bond motifs is 10. The van der Waals surface area contributed by atoms with Crippen molar-refractivity contribution in [2.24, 2.45) is 0 Å². The normalized spacial score (nSPS) is 13.1. The molecule has 0 unspecified atom stereocenters. The molecule has 0 fully saturated rings. The van der Waals surface area contributed by atoms with Gasteiger partial charge in [0, 0.05) is 14.3 Å². The molecule has 8 aromatic rings. The topological polar surface area (TPSA) is 0 Å². The maximum absolute atomic E-state index is 2.44. The first kappa shape index (κ1) is 34.2. The Bertz CT molecular complexity index is 2680. The van der Waals surface area contributed by atoms with Crippen molar-refractivity contribution in [2.75, 3.05) is 0 Å². The highest BCUT2D eigenvalue weighted by Gasteiger charge is 2.54. The highest BCUT2D eigenvalue weighted by atomic mass is 127. The molecule has 0 N–H and O–H groups in total. The highest BCUT2D eigenvalue weighted by molar-refractivity contribution is 14.1. The Morgan fingerprint density at radius 2 is 0.547 bits per heavy atom. The summed E-state index contributed by atoms with van der Waals surface area (Å²) in [6, 6.07) is 64.3. The molecule has 252 valence electrons. The van der Waals surface area contributed by atoms with Crippen LogP contribution in [0, 0.1) is 14.3 Å². The quantitative estimate of drug-likeness (QED) is 0.154. The molecule has 10 rings (SSSR count). The van der Waals surface area contributed by atoms with Gasteiger partial charge in [0.25, 0.3) is 0 Å². The molecule has 0 saturated carbocycles. The molecular weight excluding hydrogens is 1100 g/mol. The van der Waals surface area contributed by atoms with Gasteiger partial charge in [-0.25, -0.2) is 0 Å². The van der Waals surface area contributed by atoms with Crippen LogP contribution in [0.2, 0.25) is 0 Å². The van der Waals surface area contributed by atoms with Crippen molar-refractivity contribution in [1.29, 1.82) is 0 Å². The summed E-state index contributed by atoms with van der Waals surface area (Å²) < 4.78 is 4.89. The summed E-state index contributed by atoms with van der Waals surface area (Å²) in [6.45, 7) is 0. The molecular formula is C49H28I4.